The van der Waals surface area contributed by atoms with Crippen molar-refractivity contribution in [2.24, 2.45) is 5.92 Å². The average Bonchev–Trinajstić information content (AvgIpc) is 2.37. The molecule has 0 saturated heterocycles. The van der Waals surface area contributed by atoms with Crippen LogP contribution in [0.1, 0.15) is 5.56 Å². The van der Waals surface area contributed by atoms with Crippen molar-refractivity contribution in [3.8, 4) is 0 Å². The molecule has 0 aliphatic carbocycles. The molecule has 0 bridgehead atoms. The van der Waals surface area contributed by atoms with Crippen LogP contribution in [0.2, 0.25) is 0 Å². The first-order valence-electron chi connectivity index (χ1n) is 5.54. The van der Waals surface area contributed by atoms with Gasteiger partial charge in [-0.15, -0.1) is 0 Å². The van der Waals surface area contributed by atoms with Gasteiger partial charge in [-0.3, -0.25) is 4.79 Å². The molecule has 0 aromatic heterocycles. The fourth-order valence-corrected chi connectivity index (χ4v) is 1.94. The molecule has 2 N–H and O–H groups in total. The van der Waals surface area contributed by atoms with E-state index in [4.69, 9.17) is 5.11 Å². The maximum atomic E-state index is 13.5. The first-order chi connectivity index (χ1) is 8.93. The minimum Gasteiger partial charge on any atom is -0.396 e. The number of alkyl halides is 2. The van der Waals surface area contributed by atoms with Gasteiger partial charge in [0, 0.05) is 23.5 Å². The molecule has 0 radical (unpaired) electrons. The molecule has 1 aromatic carbocycles. The quantitative estimate of drug-likeness (QED) is 0.834. The highest BCUT2D eigenvalue weighted by molar-refractivity contribution is 9.10. The summed E-state index contributed by atoms with van der Waals surface area (Å²) in [5.74, 6) is -2.36. The Bertz CT molecular complexity index is 443. The van der Waals surface area contributed by atoms with Crippen molar-refractivity contribution in [2.45, 2.75) is 12.8 Å². The third-order valence-electron chi connectivity index (χ3n) is 2.54. The number of hydrogen-bond donors (Lipinski definition) is 2. The largest absolute Gasteiger partial charge is 0.396 e. The minimum absolute atomic E-state index is 0.133. The Labute approximate surface area is 116 Å². The summed E-state index contributed by atoms with van der Waals surface area (Å²) in [4.78, 5) is 10.7. The molecule has 0 spiro atoms. The van der Waals surface area contributed by atoms with Gasteiger partial charge in [-0.1, -0.05) is 15.9 Å². The molecule has 7 heteroatoms. The fourth-order valence-electron chi connectivity index (χ4n) is 1.53. The van der Waals surface area contributed by atoms with Crippen LogP contribution in [0.3, 0.4) is 0 Å². The molecule has 19 heavy (non-hydrogen) atoms. The molecule has 0 fully saturated rings. The summed E-state index contributed by atoms with van der Waals surface area (Å²) in [6.07, 6.45) is -2.95. The minimum atomic E-state index is -3.10. The van der Waals surface area contributed by atoms with E-state index in [2.05, 4.69) is 15.9 Å². The molecule has 1 atom stereocenters. The number of carbonyl (C=O) groups is 1. The van der Waals surface area contributed by atoms with Gasteiger partial charge in [-0.25, -0.2) is 4.39 Å². The Morgan fingerprint density at radius 2 is 2.11 bits per heavy atom. The number of aliphatic hydroxyl groups is 1. The Morgan fingerprint density at radius 1 is 1.42 bits per heavy atom. The Morgan fingerprint density at radius 3 is 2.68 bits per heavy atom. The normalized spacial score (nSPS) is 12.5. The van der Waals surface area contributed by atoms with Crippen molar-refractivity contribution in [2.75, 3.05) is 13.2 Å². The molecule has 3 nitrogen and oxygen atoms in total. The molecular formula is C12H13BrF3NO2. The summed E-state index contributed by atoms with van der Waals surface area (Å²) in [5, 5.41) is 11.1. The molecule has 0 aliphatic rings. The van der Waals surface area contributed by atoms with E-state index in [-0.39, 0.29) is 19.6 Å². The number of aliphatic hydroxyl groups excluding tert-OH is 1. The van der Waals surface area contributed by atoms with Crippen LogP contribution in [0, 0.1) is 11.7 Å². The second kappa shape index (κ2) is 7.49. The number of rotatable bonds is 6. The van der Waals surface area contributed by atoms with Crippen molar-refractivity contribution in [1.29, 1.82) is 0 Å². The Hall–Kier alpha value is -1.08. The summed E-state index contributed by atoms with van der Waals surface area (Å²) < 4.78 is 38.1. The van der Waals surface area contributed by atoms with Gasteiger partial charge in [-0.2, -0.15) is 8.78 Å². The van der Waals surface area contributed by atoms with Crippen LogP contribution in [0.5, 0.6) is 0 Å². The monoisotopic (exact) mass is 339 g/mol. The molecule has 106 valence electrons. The maximum absolute atomic E-state index is 13.5. The number of carbonyl (C=O) groups excluding carboxylic acids is 1. The van der Waals surface area contributed by atoms with Crippen LogP contribution < -0.4 is 5.32 Å². The van der Waals surface area contributed by atoms with Crippen LogP contribution in [-0.2, 0) is 11.2 Å². The highest BCUT2D eigenvalue weighted by Gasteiger charge is 2.18. The van der Waals surface area contributed by atoms with E-state index in [0.29, 0.717) is 10.0 Å². The van der Waals surface area contributed by atoms with E-state index in [1.807, 2.05) is 5.32 Å². The Balaban J connectivity index is 2.61. The average molecular weight is 340 g/mol. The lowest BCUT2D eigenvalue weighted by Crippen LogP contribution is -2.35. The van der Waals surface area contributed by atoms with Crippen molar-refractivity contribution < 1.29 is 23.1 Å². The van der Waals surface area contributed by atoms with Gasteiger partial charge in [0.1, 0.15) is 5.82 Å². The van der Waals surface area contributed by atoms with Gasteiger partial charge >= 0.3 is 6.43 Å². The van der Waals surface area contributed by atoms with E-state index in [9.17, 15) is 18.0 Å². The van der Waals surface area contributed by atoms with Crippen LogP contribution in [0.4, 0.5) is 13.2 Å². The second-order valence-corrected chi connectivity index (χ2v) is 4.95. The molecule has 0 aliphatic heterocycles. The highest BCUT2D eigenvalue weighted by Crippen LogP contribution is 2.18. The summed E-state index contributed by atoms with van der Waals surface area (Å²) >= 11 is 3.19. The van der Waals surface area contributed by atoms with Gasteiger partial charge in [0.2, 0.25) is 0 Å². The number of amides is 1. The first-order valence-corrected chi connectivity index (χ1v) is 6.34. The summed E-state index contributed by atoms with van der Waals surface area (Å²) in [6.45, 7) is -0.471. The van der Waals surface area contributed by atoms with Crippen molar-refractivity contribution in [3.05, 3.63) is 34.1 Å². The molecular weight excluding hydrogens is 327 g/mol. The molecule has 1 unspecified atom stereocenters. The van der Waals surface area contributed by atoms with Gasteiger partial charge in [0.05, 0.1) is 0 Å². The summed E-state index contributed by atoms with van der Waals surface area (Å²) in [6, 6.07) is 4.35. The molecule has 1 aromatic rings. The summed E-state index contributed by atoms with van der Waals surface area (Å²) in [5.41, 5.74) is 0.347. The predicted octanol–water partition coefficient (Wildman–Crippen LogP) is 2.12. The summed E-state index contributed by atoms with van der Waals surface area (Å²) in [7, 11) is 0. The van der Waals surface area contributed by atoms with Gasteiger partial charge in [0.25, 0.3) is 5.91 Å². The van der Waals surface area contributed by atoms with Crippen molar-refractivity contribution in [1.82, 2.24) is 5.32 Å². The number of benzene rings is 1. The third-order valence-corrected chi connectivity index (χ3v) is 3.03. The highest BCUT2D eigenvalue weighted by atomic mass is 79.9. The molecule has 1 rings (SSSR count). The van der Waals surface area contributed by atoms with E-state index < -0.39 is 24.1 Å². The van der Waals surface area contributed by atoms with E-state index >= 15 is 0 Å². The maximum Gasteiger partial charge on any atom is 0.315 e. The second-order valence-electron chi connectivity index (χ2n) is 4.03. The zero-order chi connectivity index (χ0) is 14.4. The number of halogens is 4. The smallest absolute Gasteiger partial charge is 0.315 e. The van der Waals surface area contributed by atoms with Crippen LogP contribution >= 0.6 is 15.9 Å². The molecule has 0 heterocycles. The zero-order valence-electron chi connectivity index (χ0n) is 9.88. The van der Waals surface area contributed by atoms with Gasteiger partial charge < -0.3 is 10.4 Å². The lowest BCUT2D eigenvalue weighted by Gasteiger charge is -2.15. The lowest BCUT2D eigenvalue weighted by molar-refractivity contribution is -0.131. The van der Waals surface area contributed by atoms with Gasteiger partial charge in [-0.05, 0) is 30.2 Å². The van der Waals surface area contributed by atoms with E-state index in [1.54, 1.807) is 6.07 Å². The topological polar surface area (TPSA) is 49.3 Å². The van der Waals surface area contributed by atoms with Crippen molar-refractivity contribution in [3.63, 3.8) is 0 Å². The first kappa shape index (κ1) is 16.0. The van der Waals surface area contributed by atoms with Crippen LogP contribution in [0.25, 0.3) is 0 Å². The Kier molecular flexibility index (Phi) is 6.30. The zero-order valence-corrected chi connectivity index (χ0v) is 11.5. The standard InChI is InChI=1S/C12H13BrF3NO2/c13-9-1-2-10(14)8(4-9)3-7(6-18)5-17-12(19)11(15)16/h1-2,4,7,11,18H,3,5-6H2,(H,17,19). The third kappa shape index (κ3) is 5.20. The number of nitrogens with one attached hydrogen (secondary N) is 1. The fraction of sp³-hybridized carbons (Fsp3) is 0.417. The van der Waals surface area contributed by atoms with E-state index in [1.165, 1.54) is 12.1 Å². The van der Waals surface area contributed by atoms with E-state index in [0.717, 1.165) is 0 Å². The lowest BCUT2D eigenvalue weighted by atomic mass is 9.99. The SMILES string of the molecule is O=C(NCC(CO)Cc1cc(Br)ccc1F)C(F)F. The molecule has 1 amide bonds. The molecule has 0 saturated carbocycles. The van der Waals surface area contributed by atoms with Gasteiger partial charge in [0.15, 0.2) is 0 Å². The van der Waals surface area contributed by atoms with Crippen LogP contribution in [0.15, 0.2) is 22.7 Å². The number of hydrogen-bond acceptors (Lipinski definition) is 2. The van der Waals surface area contributed by atoms with Crippen LogP contribution in [-0.4, -0.2) is 30.6 Å². The van der Waals surface area contributed by atoms with Crippen molar-refractivity contribution >= 4 is 21.8 Å². The predicted molar refractivity (Wildman–Crippen MR) is 67.4 cm³/mol.